The van der Waals surface area contributed by atoms with E-state index in [0.29, 0.717) is 36.2 Å². The number of nitrogens with zero attached hydrogens (tertiary/aromatic N) is 4. The number of carbonyl (C=O) groups excluding carboxylic acids is 1. The lowest BCUT2D eigenvalue weighted by molar-refractivity contribution is 0.0573. The number of fused-ring (bicyclic) bond motifs is 1. The third kappa shape index (κ3) is 3.54. The van der Waals surface area contributed by atoms with Crippen molar-refractivity contribution in [1.82, 2.24) is 14.5 Å². The first-order valence-corrected chi connectivity index (χ1v) is 10.5. The van der Waals surface area contributed by atoms with Crippen LogP contribution in [0.25, 0.3) is 5.52 Å². The zero-order chi connectivity index (χ0) is 21.8. The van der Waals surface area contributed by atoms with Crippen LogP contribution < -0.4 is 4.90 Å². The van der Waals surface area contributed by atoms with Crippen molar-refractivity contribution in [1.29, 1.82) is 0 Å². The van der Waals surface area contributed by atoms with E-state index in [-0.39, 0.29) is 18.5 Å². The summed E-state index contributed by atoms with van der Waals surface area (Å²) in [7, 11) is 0. The van der Waals surface area contributed by atoms with Crippen molar-refractivity contribution in [3.63, 3.8) is 0 Å². The molecule has 2 aromatic heterocycles. The molecule has 2 aliphatic heterocycles. The quantitative estimate of drug-likeness (QED) is 0.696. The summed E-state index contributed by atoms with van der Waals surface area (Å²) in [6.07, 6.45) is 5.44. The molecule has 6 nitrogen and oxygen atoms in total. The minimum absolute atomic E-state index is 0.168. The molecule has 0 saturated carbocycles. The lowest BCUT2D eigenvalue weighted by Crippen LogP contribution is -2.33. The number of hydrogen-bond acceptors (Lipinski definition) is 4. The van der Waals surface area contributed by atoms with Crippen molar-refractivity contribution in [2.45, 2.75) is 37.8 Å². The van der Waals surface area contributed by atoms with Crippen LogP contribution in [0.2, 0.25) is 0 Å². The molecule has 4 heterocycles. The van der Waals surface area contributed by atoms with E-state index in [1.54, 1.807) is 28.7 Å². The molecule has 31 heavy (non-hydrogen) atoms. The Bertz CT molecular complexity index is 1160. The Morgan fingerprint density at radius 3 is 2.84 bits per heavy atom. The molecule has 0 spiro atoms. The number of carbonyl (C=O) groups is 1. The molecule has 5 rings (SSSR count). The standard InChI is InChI=1S/C23H24F2N4O2/c1-23(31)7-10-27(14-23)22(30)18-13-26-29-9-6-16(12-21(18)29)28-8-2-3-20(28)17-11-15(24)4-5-19(17)25/h4-6,9,11-13,20,31H,2-3,7-8,10,14H2,1H3. The fourth-order valence-corrected chi connectivity index (χ4v) is 4.77. The zero-order valence-corrected chi connectivity index (χ0v) is 17.3. The first-order valence-electron chi connectivity index (χ1n) is 10.5. The van der Waals surface area contributed by atoms with Crippen molar-refractivity contribution in [2.24, 2.45) is 0 Å². The number of hydrogen-bond donors (Lipinski definition) is 1. The summed E-state index contributed by atoms with van der Waals surface area (Å²) >= 11 is 0. The summed E-state index contributed by atoms with van der Waals surface area (Å²) in [5.41, 5.74) is 1.43. The van der Waals surface area contributed by atoms with Crippen LogP contribution in [-0.2, 0) is 0 Å². The fraction of sp³-hybridized carbons (Fsp3) is 0.391. The Hall–Kier alpha value is -3.00. The molecule has 2 fully saturated rings. The second-order valence-corrected chi connectivity index (χ2v) is 8.76. The number of halogens is 2. The normalized spacial score (nSPS) is 23.8. The van der Waals surface area contributed by atoms with Gasteiger partial charge in [0.05, 0.1) is 28.9 Å². The van der Waals surface area contributed by atoms with Crippen LogP contribution in [-0.4, -0.2) is 50.8 Å². The number of benzene rings is 1. The molecule has 0 bridgehead atoms. The van der Waals surface area contributed by atoms with Crippen LogP contribution >= 0.6 is 0 Å². The summed E-state index contributed by atoms with van der Waals surface area (Å²) in [6, 6.07) is 7.06. The largest absolute Gasteiger partial charge is 0.388 e. The number of aliphatic hydroxyl groups is 1. The second-order valence-electron chi connectivity index (χ2n) is 8.76. The van der Waals surface area contributed by atoms with Crippen LogP contribution in [0, 0.1) is 11.6 Å². The number of likely N-dealkylation sites (tertiary alicyclic amines) is 1. The molecule has 2 aliphatic rings. The van der Waals surface area contributed by atoms with E-state index in [2.05, 4.69) is 10.00 Å². The van der Waals surface area contributed by atoms with E-state index >= 15 is 0 Å². The number of pyridine rings is 1. The summed E-state index contributed by atoms with van der Waals surface area (Å²) in [5, 5.41) is 14.5. The van der Waals surface area contributed by atoms with E-state index in [0.717, 1.165) is 24.6 Å². The molecular formula is C23H24F2N4O2. The SMILES string of the molecule is CC1(O)CCN(C(=O)c2cnn3ccc(N4CCCC4c4cc(F)ccc4F)cc23)C1. The van der Waals surface area contributed by atoms with Crippen molar-refractivity contribution in [3.05, 3.63) is 65.5 Å². The van der Waals surface area contributed by atoms with E-state index in [9.17, 15) is 18.7 Å². The minimum atomic E-state index is -0.873. The molecule has 1 aromatic carbocycles. The van der Waals surface area contributed by atoms with Crippen LogP contribution in [0.15, 0.2) is 42.7 Å². The second kappa shape index (κ2) is 7.30. The third-order valence-electron chi connectivity index (χ3n) is 6.38. The van der Waals surface area contributed by atoms with E-state index in [1.165, 1.54) is 12.1 Å². The van der Waals surface area contributed by atoms with Gasteiger partial charge < -0.3 is 14.9 Å². The van der Waals surface area contributed by atoms with Crippen LogP contribution in [0.1, 0.15) is 48.1 Å². The maximum atomic E-state index is 14.4. The molecule has 1 amide bonds. The van der Waals surface area contributed by atoms with Crippen LogP contribution in [0.4, 0.5) is 14.5 Å². The van der Waals surface area contributed by atoms with Gasteiger partial charge in [0.1, 0.15) is 11.6 Å². The van der Waals surface area contributed by atoms with Gasteiger partial charge >= 0.3 is 0 Å². The zero-order valence-electron chi connectivity index (χ0n) is 17.3. The number of amides is 1. The Morgan fingerprint density at radius 1 is 1.23 bits per heavy atom. The van der Waals surface area contributed by atoms with Gasteiger partial charge in [-0.1, -0.05) is 0 Å². The molecular weight excluding hydrogens is 402 g/mol. The maximum Gasteiger partial charge on any atom is 0.257 e. The van der Waals surface area contributed by atoms with Crippen molar-refractivity contribution < 1.29 is 18.7 Å². The topological polar surface area (TPSA) is 61.1 Å². The first-order chi connectivity index (χ1) is 14.8. The van der Waals surface area contributed by atoms with Gasteiger partial charge in [-0.25, -0.2) is 13.3 Å². The minimum Gasteiger partial charge on any atom is -0.388 e. The summed E-state index contributed by atoms with van der Waals surface area (Å²) in [4.78, 5) is 16.8. The Balaban J connectivity index is 1.49. The van der Waals surface area contributed by atoms with Crippen LogP contribution in [0.5, 0.6) is 0 Å². The molecule has 162 valence electrons. The average Bonchev–Trinajstić information content (AvgIpc) is 3.46. The van der Waals surface area contributed by atoms with Crippen molar-refractivity contribution in [3.8, 4) is 0 Å². The number of anilines is 1. The first kappa shape index (κ1) is 19.9. The molecule has 2 atom stereocenters. The maximum absolute atomic E-state index is 14.4. The Labute approximate surface area is 178 Å². The fourth-order valence-electron chi connectivity index (χ4n) is 4.77. The van der Waals surface area contributed by atoms with E-state index in [4.69, 9.17) is 0 Å². The van der Waals surface area contributed by atoms with Gasteiger partial charge in [-0.3, -0.25) is 4.79 Å². The highest BCUT2D eigenvalue weighted by Crippen LogP contribution is 2.38. The highest BCUT2D eigenvalue weighted by Gasteiger charge is 2.35. The molecule has 3 aromatic rings. The van der Waals surface area contributed by atoms with Gasteiger partial charge in [0.15, 0.2) is 0 Å². The lowest BCUT2D eigenvalue weighted by atomic mass is 10.0. The number of rotatable bonds is 3. The lowest BCUT2D eigenvalue weighted by Gasteiger charge is -2.27. The van der Waals surface area contributed by atoms with Gasteiger partial charge in [0.25, 0.3) is 5.91 Å². The Morgan fingerprint density at radius 2 is 2.06 bits per heavy atom. The predicted molar refractivity (Wildman–Crippen MR) is 112 cm³/mol. The molecule has 0 radical (unpaired) electrons. The average molecular weight is 426 g/mol. The van der Waals surface area contributed by atoms with Crippen molar-refractivity contribution >= 4 is 17.1 Å². The Kier molecular flexibility index (Phi) is 4.69. The summed E-state index contributed by atoms with van der Waals surface area (Å²) in [5.74, 6) is -1.04. The van der Waals surface area contributed by atoms with Gasteiger partial charge in [-0.15, -0.1) is 0 Å². The van der Waals surface area contributed by atoms with Gasteiger partial charge in [-0.05, 0) is 56.5 Å². The van der Waals surface area contributed by atoms with Crippen molar-refractivity contribution in [2.75, 3.05) is 24.5 Å². The van der Waals surface area contributed by atoms with Gasteiger partial charge in [0, 0.05) is 37.1 Å². The predicted octanol–water partition coefficient (Wildman–Crippen LogP) is 3.55. The van der Waals surface area contributed by atoms with E-state index < -0.39 is 17.2 Å². The smallest absolute Gasteiger partial charge is 0.257 e. The molecule has 2 saturated heterocycles. The molecule has 0 aliphatic carbocycles. The van der Waals surface area contributed by atoms with Crippen LogP contribution in [0.3, 0.4) is 0 Å². The number of β-amino-alcohol motifs (C(OH)–C–C–N with tert-alkyl or cyclic N) is 1. The monoisotopic (exact) mass is 426 g/mol. The number of aromatic nitrogens is 2. The highest BCUT2D eigenvalue weighted by atomic mass is 19.1. The highest BCUT2D eigenvalue weighted by molar-refractivity contribution is 6.01. The summed E-state index contributed by atoms with van der Waals surface area (Å²) in [6.45, 7) is 3.22. The van der Waals surface area contributed by atoms with E-state index in [1.807, 2.05) is 12.1 Å². The summed E-state index contributed by atoms with van der Waals surface area (Å²) < 4.78 is 29.9. The molecule has 2 unspecified atom stereocenters. The third-order valence-corrected chi connectivity index (χ3v) is 6.38. The van der Waals surface area contributed by atoms with Gasteiger partial charge in [-0.2, -0.15) is 5.10 Å². The van der Waals surface area contributed by atoms with Gasteiger partial charge in [0.2, 0.25) is 0 Å². The molecule has 1 N–H and O–H groups in total. The molecule has 8 heteroatoms.